The summed E-state index contributed by atoms with van der Waals surface area (Å²) in [7, 11) is 0. The molecule has 1 aliphatic rings. The lowest BCUT2D eigenvalue weighted by Gasteiger charge is -2.35. The molecule has 0 saturated heterocycles. The number of thiocarbonyl (C=S) groups is 1. The minimum Gasteiger partial charge on any atom is -0.490 e. The van der Waals surface area contributed by atoms with E-state index in [1.807, 2.05) is 45.9 Å². The number of hydrogen-bond acceptors (Lipinski definition) is 4. The maximum Gasteiger partial charge on any atom is 0.171 e. The number of ether oxygens (including phenoxy) is 2. The topological polar surface area (TPSA) is 66.3 Å². The van der Waals surface area contributed by atoms with Gasteiger partial charge in [0.2, 0.25) is 0 Å². The zero-order valence-corrected chi connectivity index (χ0v) is 20.7. The van der Waals surface area contributed by atoms with Gasteiger partial charge in [0.1, 0.15) is 6.61 Å². The zero-order valence-electron chi connectivity index (χ0n) is 18.4. The van der Waals surface area contributed by atoms with Crippen LogP contribution in [0, 0.1) is 16.7 Å². The summed E-state index contributed by atoms with van der Waals surface area (Å²) in [5.74, 6) is 1.12. The third-order valence-electron chi connectivity index (χ3n) is 4.98. The van der Waals surface area contributed by atoms with Crippen molar-refractivity contribution in [2.24, 2.45) is 5.41 Å². The van der Waals surface area contributed by atoms with Crippen LogP contribution >= 0.6 is 35.4 Å². The van der Waals surface area contributed by atoms with Crippen molar-refractivity contribution in [3.8, 4) is 17.6 Å². The lowest BCUT2D eigenvalue weighted by atomic mass is 9.84. The van der Waals surface area contributed by atoms with Gasteiger partial charge in [0.25, 0.3) is 0 Å². The van der Waals surface area contributed by atoms with Crippen molar-refractivity contribution < 1.29 is 9.47 Å². The molecule has 1 aliphatic heterocycles. The van der Waals surface area contributed by atoms with Gasteiger partial charge in [-0.2, -0.15) is 5.26 Å². The molecule has 2 aromatic carbocycles. The Morgan fingerprint density at radius 3 is 2.38 bits per heavy atom. The summed E-state index contributed by atoms with van der Waals surface area (Å²) in [6, 6.07) is 12.9. The van der Waals surface area contributed by atoms with E-state index in [4.69, 9.17) is 44.9 Å². The lowest BCUT2D eigenvalue weighted by Crippen LogP contribution is -2.46. The van der Waals surface area contributed by atoms with Crippen molar-refractivity contribution in [1.29, 1.82) is 5.26 Å². The van der Waals surface area contributed by atoms with Crippen LogP contribution in [0.1, 0.15) is 44.9 Å². The van der Waals surface area contributed by atoms with E-state index in [1.165, 1.54) is 0 Å². The van der Waals surface area contributed by atoms with Crippen LogP contribution in [0.2, 0.25) is 10.0 Å². The van der Waals surface area contributed by atoms with Gasteiger partial charge in [-0.15, -0.1) is 0 Å². The van der Waals surface area contributed by atoms with E-state index in [9.17, 15) is 5.26 Å². The van der Waals surface area contributed by atoms with E-state index in [1.54, 1.807) is 18.2 Å². The van der Waals surface area contributed by atoms with Gasteiger partial charge >= 0.3 is 0 Å². The normalized spacial score (nSPS) is 16.2. The van der Waals surface area contributed by atoms with E-state index >= 15 is 0 Å². The van der Waals surface area contributed by atoms with Gasteiger partial charge in [0.05, 0.1) is 24.3 Å². The summed E-state index contributed by atoms with van der Waals surface area (Å²) in [4.78, 5) is 0. The highest BCUT2D eigenvalue weighted by molar-refractivity contribution is 7.80. The largest absolute Gasteiger partial charge is 0.490 e. The van der Waals surface area contributed by atoms with Crippen LogP contribution in [0.4, 0.5) is 0 Å². The van der Waals surface area contributed by atoms with Crippen molar-refractivity contribution in [3.63, 3.8) is 0 Å². The number of allylic oxidation sites excluding steroid dienone is 1. The molecular weight excluding hydrogens is 465 g/mol. The summed E-state index contributed by atoms with van der Waals surface area (Å²) in [6.07, 6.45) is 0. The molecule has 168 valence electrons. The molecule has 5 nitrogen and oxygen atoms in total. The number of nitrogens with zero attached hydrogens (tertiary/aromatic N) is 1. The fraction of sp³-hybridized carbons (Fsp3) is 0.333. The van der Waals surface area contributed by atoms with Crippen molar-refractivity contribution in [1.82, 2.24) is 10.6 Å². The molecule has 0 amide bonds. The molecule has 8 heteroatoms. The van der Waals surface area contributed by atoms with E-state index in [0.717, 1.165) is 11.3 Å². The van der Waals surface area contributed by atoms with Crippen LogP contribution < -0.4 is 20.1 Å². The fourth-order valence-electron chi connectivity index (χ4n) is 3.44. The zero-order chi connectivity index (χ0) is 23.5. The van der Waals surface area contributed by atoms with Gasteiger partial charge in [0, 0.05) is 26.7 Å². The molecule has 1 atom stereocenters. The van der Waals surface area contributed by atoms with Crippen LogP contribution in [0.25, 0.3) is 0 Å². The second kappa shape index (κ2) is 9.99. The van der Waals surface area contributed by atoms with Gasteiger partial charge in [-0.05, 0) is 49.0 Å². The smallest absolute Gasteiger partial charge is 0.171 e. The molecule has 0 fully saturated rings. The molecule has 0 unspecified atom stereocenters. The van der Waals surface area contributed by atoms with Gasteiger partial charge in [0.15, 0.2) is 16.6 Å². The van der Waals surface area contributed by atoms with E-state index in [2.05, 4.69) is 16.7 Å². The first-order valence-corrected chi connectivity index (χ1v) is 11.4. The fourth-order valence-corrected chi connectivity index (χ4v) is 4.16. The van der Waals surface area contributed by atoms with E-state index in [-0.39, 0.29) is 12.0 Å². The Bertz CT molecular complexity index is 1080. The maximum atomic E-state index is 9.92. The number of nitriles is 1. The Balaban J connectivity index is 1.96. The summed E-state index contributed by atoms with van der Waals surface area (Å²) >= 11 is 17.9. The molecule has 0 aromatic heterocycles. The van der Waals surface area contributed by atoms with Crippen LogP contribution in [-0.2, 0) is 6.61 Å². The number of hydrogen-bond donors (Lipinski definition) is 2. The van der Waals surface area contributed by atoms with Crippen molar-refractivity contribution in [2.45, 2.75) is 40.3 Å². The van der Waals surface area contributed by atoms with Gasteiger partial charge in [-0.3, -0.25) is 0 Å². The van der Waals surface area contributed by atoms with Crippen molar-refractivity contribution in [2.75, 3.05) is 6.61 Å². The van der Waals surface area contributed by atoms with Crippen LogP contribution in [0.5, 0.6) is 11.5 Å². The second-order valence-corrected chi connectivity index (χ2v) is 9.53. The molecule has 0 radical (unpaired) electrons. The Morgan fingerprint density at radius 1 is 1.09 bits per heavy atom. The lowest BCUT2D eigenvalue weighted by molar-refractivity contribution is 0.269. The Morgan fingerprint density at radius 2 is 1.78 bits per heavy atom. The Kier molecular flexibility index (Phi) is 7.55. The molecule has 32 heavy (non-hydrogen) atoms. The van der Waals surface area contributed by atoms with Crippen LogP contribution in [-0.4, -0.2) is 11.7 Å². The number of benzene rings is 2. The minimum absolute atomic E-state index is 0.200. The summed E-state index contributed by atoms with van der Waals surface area (Å²) in [6.45, 7) is 8.68. The van der Waals surface area contributed by atoms with Crippen molar-refractivity contribution >= 4 is 40.5 Å². The average Bonchev–Trinajstić information content (AvgIpc) is 2.73. The highest BCUT2D eigenvalue weighted by Crippen LogP contribution is 2.38. The quantitative estimate of drug-likeness (QED) is 0.463. The second-order valence-electron chi connectivity index (χ2n) is 8.31. The monoisotopic (exact) mass is 489 g/mol. The molecule has 1 heterocycles. The summed E-state index contributed by atoms with van der Waals surface area (Å²) < 4.78 is 11.8. The average molecular weight is 490 g/mol. The van der Waals surface area contributed by atoms with Gasteiger partial charge < -0.3 is 20.1 Å². The number of nitrogens with one attached hydrogen (secondary N) is 2. The molecule has 2 aromatic rings. The molecule has 0 spiro atoms. The molecule has 3 rings (SSSR count). The minimum atomic E-state index is -0.394. The third kappa shape index (κ3) is 5.29. The van der Waals surface area contributed by atoms with Gasteiger partial charge in [-0.1, -0.05) is 56.1 Å². The van der Waals surface area contributed by atoms with Crippen LogP contribution in [0.3, 0.4) is 0 Å². The Labute approximate surface area is 204 Å². The Hall–Kier alpha value is -2.46. The van der Waals surface area contributed by atoms with Gasteiger partial charge in [-0.25, -0.2) is 0 Å². The molecule has 2 N–H and O–H groups in total. The van der Waals surface area contributed by atoms with Crippen molar-refractivity contribution in [3.05, 3.63) is 68.8 Å². The molecular formula is C24H25Cl2N3O2S. The standard InChI is InChI=1S/C24H25Cl2N3O2S/c1-5-30-20-11-14(21-15(12-27)22(24(2,3)4)29-23(32)28-21)9-10-19(20)31-13-16-17(25)7-6-8-18(16)26/h6-11,21H,5,13H2,1-4H3,(H2,28,29,32)/t21-/m0/s1. The summed E-state index contributed by atoms with van der Waals surface area (Å²) in [5.41, 5.74) is 2.68. The van der Waals surface area contributed by atoms with Crippen LogP contribution in [0.15, 0.2) is 47.7 Å². The molecule has 0 bridgehead atoms. The third-order valence-corrected chi connectivity index (χ3v) is 5.91. The number of rotatable bonds is 6. The van der Waals surface area contributed by atoms with E-state index in [0.29, 0.717) is 44.4 Å². The first-order chi connectivity index (χ1) is 15.2. The highest BCUT2D eigenvalue weighted by Gasteiger charge is 2.32. The summed E-state index contributed by atoms with van der Waals surface area (Å²) in [5, 5.41) is 17.8. The first kappa shape index (κ1) is 24.2. The first-order valence-electron chi connectivity index (χ1n) is 10.2. The highest BCUT2D eigenvalue weighted by atomic mass is 35.5. The molecule has 0 aliphatic carbocycles. The predicted molar refractivity (Wildman–Crippen MR) is 132 cm³/mol. The number of halogens is 2. The molecule has 0 saturated carbocycles. The van der Waals surface area contributed by atoms with E-state index < -0.39 is 6.04 Å². The SMILES string of the molecule is CCOc1cc([C@@H]2NC(=S)NC(C(C)(C)C)=C2C#N)ccc1OCc1c(Cl)cccc1Cl. The maximum absolute atomic E-state index is 9.92. The predicted octanol–water partition coefficient (Wildman–Crippen LogP) is 6.31.